The van der Waals surface area contributed by atoms with E-state index >= 15 is 0 Å². The fourth-order valence-corrected chi connectivity index (χ4v) is 2.67. The molecule has 124 valence electrons. The molecule has 0 aromatic carbocycles. The standard InChI is InChI=1S/C19H32N2O/c1-18(17-21(2)22)12-9-7-5-3-4-6-8-10-13-19-14-11-15-20-16-19/h3-4,11,14-16,18,22H,5-10,12-13,17H2,1-2H3. The summed E-state index contributed by atoms with van der Waals surface area (Å²) in [5, 5.41) is 10.4. The van der Waals surface area contributed by atoms with Crippen LogP contribution in [0, 0.1) is 5.92 Å². The molecule has 0 aliphatic carbocycles. The van der Waals surface area contributed by atoms with Gasteiger partial charge in [0, 0.05) is 26.0 Å². The van der Waals surface area contributed by atoms with Crippen molar-refractivity contribution in [2.45, 2.75) is 58.3 Å². The minimum atomic E-state index is 0.575. The Labute approximate surface area is 136 Å². The third kappa shape index (κ3) is 10.5. The number of allylic oxidation sites excluding steroid dienone is 2. The Balaban J connectivity index is 1.90. The van der Waals surface area contributed by atoms with Gasteiger partial charge < -0.3 is 5.21 Å². The van der Waals surface area contributed by atoms with Crippen LogP contribution in [-0.2, 0) is 6.42 Å². The van der Waals surface area contributed by atoms with E-state index < -0.39 is 0 Å². The molecule has 22 heavy (non-hydrogen) atoms. The molecule has 0 aliphatic heterocycles. The summed E-state index contributed by atoms with van der Waals surface area (Å²) in [5.41, 5.74) is 1.34. The summed E-state index contributed by atoms with van der Waals surface area (Å²) in [7, 11) is 1.72. The van der Waals surface area contributed by atoms with Crippen LogP contribution in [0.2, 0.25) is 0 Å². The van der Waals surface area contributed by atoms with Crippen LogP contribution >= 0.6 is 0 Å². The van der Waals surface area contributed by atoms with E-state index in [1.54, 1.807) is 7.05 Å². The van der Waals surface area contributed by atoms with Gasteiger partial charge in [-0.2, -0.15) is 5.06 Å². The van der Waals surface area contributed by atoms with Crippen LogP contribution in [0.25, 0.3) is 0 Å². The van der Waals surface area contributed by atoms with Gasteiger partial charge in [0.25, 0.3) is 0 Å². The van der Waals surface area contributed by atoms with Crippen LogP contribution < -0.4 is 0 Å². The number of aromatic nitrogens is 1. The van der Waals surface area contributed by atoms with Crippen LogP contribution in [0.3, 0.4) is 0 Å². The Morgan fingerprint density at radius 3 is 2.55 bits per heavy atom. The fraction of sp³-hybridized carbons (Fsp3) is 0.632. The van der Waals surface area contributed by atoms with E-state index in [2.05, 4.69) is 30.1 Å². The van der Waals surface area contributed by atoms with E-state index in [0.717, 1.165) is 13.0 Å². The number of nitrogens with zero attached hydrogens (tertiary/aromatic N) is 2. The summed E-state index contributed by atoms with van der Waals surface area (Å²) < 4.78 is 0. The van der Waals surface area contributed by atoms with Gasteiger partial charge >= 0.3 is 0 Å². The first kappa shape index (κ1) is 18.9. The molecule has 0 fully saturated rings. The van der Waals surface area contributed by atoms with E-state index in [9.17, 15) is 0 Å². The van der Waals surface area contributed by atoms with Crippen molar-refractivity contribution in [1.82, 2.24) is 10.0 Å². The second-order valence-corrected chi connectivity index (χ2v) is 6.31. The molecule has 0 amide bonds. The summed E-state index contributed by atoms with van der Waals surface area (Å²) in [6.07, 6.45) is 18.2. The molecule has 0 spiro atoms. The van der Waals surface area contributed by atoms with Gasteiger partial charge in [-0.1, -0.05) is 31.6 Å². The van der Waals surface area contributed by atoms with Gasteiger partial charge in [-0.15, -0.1) is 0 Å². The van der Waals surface area contributed by atoms with E-state index in [4.69, 9.17) is 5.21 Å². The van der Waals surface area contributed by atoms with Crippen molar-refractivity contribution < 1.29 is 5.21 Å². The molecule has 1 unspecified atom stereocenters. The van der Waals surface area contributed by atoms with Crippen LogP contribution in [0.1, 0.15) is 57.4 Å². The molecule has 0 saturated heterocycles. The summed E-state index contributed by atoms with van der Waals surface area (Å²) in [5.74, 6) is 0.575. The number of aryl methyl sites for hydroxylation is 1. The molecule has 1 heterocycles. The zero-order valence-electron chi connectivity index (χ0n) is 14.2. The Morgan fingerprint density at radius 1 is 1.18 bits per heavy atom. The highest BCUT2D eigenvalue weighted by molar-refractivity contribution is 5.08. The maximum Gasteiger partial charge on any atom is 0.0299 e. The van der Waals surface area contributed by atoms with Crippen molar-refractivity contribution in [2.24, 2.45) is 5.92 Å². The van der Waals surface area contributed by atoms with Crippen LogP contribution in [0.4, 0.5) is 0 Å². The van der Waals surface area contributed by atoms with E-state index in [1.807, 2.05) is 18.5 Å². The van der Waals surface area contributed by atoms with Crippen LogP contribution in [-0.4, -0.2) is 28.8 Å². The summed E-state index contributed by atoms with van der Waals surface area (Å²) in [6, 6.07) is 4.16. The topological polar surface area (TPSA) is 36.4 Å². The molecule has 0 radical (unpaired) electrons. The highest BCUT2D eigenvalue weighted by atomic mass is 16.5. The fourth-order valence-electron chi connectivity index (χ4n) is 2.67. The first-order valence-corrected chi connectivity index (χ1v) is 8.62. The zero-order valence-corrected chi connectivity index (χ0v) is 14.2. The first-order valence-electron chi connectivity index (χ1n) is 8.62. The Bertz CT molecular complexity index is 390. The van der Waals surface area contributed by atoms with Crippen molar-refractivity contribution in [3.63, 3.8) is 0 Å². The normalized spacial score (nSPS) is 13.1. The average molecular weight is 304 g/mol. The lowest BCUT2D eigenvalue weighted by Gasteiger charge is -2.14. The van der Waals surface area contributed by atoms with Gasteiger partial charge in [-0.3, -0.25) is 4.98 Å². The van der Waals surface area contributed by atoms with Crippen molar-refractivity contribution in [2.75, 3.05) is 13.6 Å². The lowest BCUT2D eigenvalue weighted by molar-refractivity contribution is -0.0751. The Morgan fingerprint density at radius 2 is 1.91 bits per heavy atom. The van der Waals surface area contributed by atoms with Crippen LogP contribution in [0.5, 0.6) is 0 Å². The predicted octanol–water partition coefficient (Wildman–Crippen LogP) is 4.87. The lowest BCUT2D eigenvalue weighted by Crippen LogP contribution is -2.20. The van der Waals surface area contributed by atoms with E-state index in [0.29, 0.717) is 5.92 Å². The molecule has 3 heteroatoms. The van der Waals surface area contributed by atoms with Crippen molar-refractivity contribution in [3.8, 4) is 0 Å². The molecule has 0 saturated carbocycles. The van der Waals surface area contributed by atoms with Crippen molar-refractivity contribution in [3.05, 3.63) is 42.2 Å². The number of hydroxylamine groups is 2. The molecular weight excluding hydrogens is 272 g/mol. The second kappa shape index (κ2) is 12.4. The maximum absolute atomic E-state index is 9.16. The molecule has 0 bridgehead atoms. The molecule has 1 atom stereocenters. The molecule has 1 aromatic rings. The minimum absolute atomic E-state index is 0.575. The van der Waals surface area contributed by atoms with Gasteiger partial charge in [-0.05, 0) is 62.5 Å². The second-order valence-electron chi connectivity index (χ2n) is 6.31. The van der Waals surface area contributed by atoms with Gasteiger partial charge in [0.2, 0.25) is 0 Å². The lowest BCUT2D eigenvalue weighted by atomic mass is 10.0. The van der Waals surface area contributed by atoms with Gasteiger partial charge in [0.1, 0.15) is 0 Å². The van der Waals surface area contributed by atoms with Gasteiger partial charge in [-0.25, -0.2) is 0 Å². The quantitative estimate of drug-likeness (QED) is 0.340. The Kier molecular flexibility index (Phi) is 10.6. The zero-order chi connectivity index (χ0) is 16.0. The number of hydrogen-bond acceptors (Lipinski definition) is 3. The first-order chi connectivity index (χ1) is 10.7. The molecule has 1 N–H and O–H groups in total. The summed E-state index contributed by atoms with van der Waals surface area (Å²) in [6.45, 7) is 2.97. The van der Waals surface area contributed by atoms with Gasteiger partial charge in [0.05, 0.1) is 0 Å². The number of hydrogen-bond donors (Lipinski definition) is 1. The Hall–Kier alpha value is -1.19. The third-order valence-electron chi connectivity index (χ3n) is 3.87. The highest BCUT2D eigenvalue weighted by Crippen LogP contribution is 2.11. The molecular formula is C19H32N2O. The maximum atomic E-state index is 9.16. The average Bonchev–Trinajstić information content (AvgIpc) is 2.49. The molecule has 1 aromatic heterocycles. The summed E-state index contributed by atoms with van der Waals surface area (Å²) in [4.78, 5) is 4.14. The summed E-state index contributed by atoms with van der Waals surface area (Å²) >= 11 is 0. The SMILES string of the molecule is CC(CCCCC=CCCCCc1cccnc1)CN(C)O. The minimum Gasteiger partial charge on any atom is -0.314 e. The third-order valence-corrected chi connectivity index (χ3v) is 3.87. The largest absolute Gasteiger partial charge is 0.314 e. The van der Waals surface area contributed by atoms with E-state index in [-0.39, 0.29) is 0 Å². The van der Waals surface area contributed by atoms with Crippen molar-refractivity contribution in [1.29, 1.82) is 0 Å². The van der Waals surface area contributed by atoms with Gasteiger partial charge in [0.15, 0.2) is 0 Å². The highest BCUT2D eigenvalue weighted by Gasteiger charge is 2.03. The monoisotopic (exact) mass is 304 g/mol. The molecule has 1 rings (SSSR count). The smallest absolute Gasteiger partial charge is 0.0299 e. The number of pyridine rings is 1. The number of unbranched alkanes of at least 4 members (excludes halogenated alkanes) is 4. The number of rotatable bonds is 12. The molecule has 3 nitrogen and oxygen atoms in total. The van der Waals surface area contributed by atoms with E-state index in [1.165, 1.54) is 55.6 Å². The van der Waals surface area contributed by atoms with Crippen molar-refractivity contribution >= 4 is 0 Å². The van der Waals surface area contributed by atoms with Crippen LogP contribution in [0.15, 0.2) is 36.7 Å². The predicted molar refractivity (Wildman–Crippen MR) is 93.0 cm³/mol. The molecule has 0 aliphatic rings.